The molecule has 0 bridgehead atoms. The van der Waals surface area contributed by atoms with E-state index in [1.54, 1.807) is 0 Å². The molecular weight excluding hydrogens is 755 g/mol. The van der Waals surface area contributed by atoms with E-state index >= 15 is 0 Å². The molecule has 0 radical (unpaired) electrons. The maximum absolute atomic E-state index is 6.37. The van der Waals surface area contributed by atoms with Crippen molar-refractivity contribution in [3.63, 3.8) is 0 Å². The van der Waals surface area contributed by atoms with Crippen LogP contribution in [0.15, 0.2) is 217 Å². The fraction of sp³-hybridized carbons (Fsp3) is 0.0172. The number of aromatic nitrogens is 3. The van der Waals surface area contributed by atoms with Crippen molar-refractivity contribution in [2.45, 2.75) is 5.41 Å². The molecule has 62 heavy (non-hydrogen) atoms. The Morgan fingerprint density at radius 2 is 0.694 bits per heavy atom. The van der Waals surface area contributed by atoms with E-state index in [2.05, 4.69) is 170 Å². The van der Waals surface area contributed by atoms with Gasteiger partial charge in [-0.2, -0.15) is 0 Å². The molecule has 0 unspecified atom stereocenters. The second-order valence-electron chi connectivity index (χ2n) is 16.2. The lowest BCUT2D eigenvalue weighted by atomic mass is 9.68. The topological polar surface area (TPSA) is 51.8 Å². The number of fused-ring (bicyclic) bond motifs is 13. The van der Waals surface area contributed by atoms with Crippen LogP contribution in [-0.2, 0) is 5.41 Å². The number of hydrogen-bond donors (Lipinski definition) is 0. The summed E-state index contributed by atoms with van der Waals surface area (Å²) in [5.74, 6) is 1.87. The Labute approximate surface area is 358 Å². The molecule has 13 rings (SSSR count). The third-order valence-corrected chi connectivity index (χ3v) is 13.0. The molecule has 0 fully saturated rings. The molecule has 2 aliphatic rings. The maximum atomic E-state index is 6.37. The van der Waals surface area contributed by atoms with Gasteiger partial charge in [0, 0.05) is 33.0 Å². The number of hydrogen-bond acceptors (Lipinski definition) is 4. The lowest BCUT2D eigenvalue weighted by Gasteiger charge is -2.32. The van der Waals surface area contributed by atoms with Crippen LogP contribution in [-0.4, -0.2) is 15.0 Å². The summed E-state index contributed by atoms with van der Waals surface area (Å²) in [7, 11) is 0. The largest absolute Gasteiger partial charge is 0.455 e. The van der Waals surface area contributed by atoms with Crippen molar-refractivity contribution >= 4 is 21.9 Å². The first-order valence-corrected chi connectivity index (χ1v) is 21.1. The highest BCUT2D eigenvalue weighted by molar-refractivity contribution is 6.09. The molecule has 0 atom stereocenters. The average molecular weight is 790 g/mol. The van der Waals surface area contributed by atoms with E-state index in [1.807, 2.05) is 42.5 Å². The van der Waals surface area contributed by atoms with Crippen LogP contribution in [0.1, 0.15) is 22.3 Å². The van der Waals surface area contributed by atoms with E-state index in [4.69, 9.17) is 19.4 Å². The average Bonchev–Trinajstić information content (AvgIpc) is 3.99. The van der Waals surface area contributed by atoms with Gasteiger partial charge in [-0.15, -0.1) is 0 Å². The Morgan fingerprint density at radius 1 is 0.290 bits per heavy atom. The van der Waals surface area contributed by atoms with Crippen LogP contribution in [0.4, 0.5) is 0 Å². The van der Waals surface area contributed by atoms with Gasteiger partial charge < -0.3 is 4.42 Å². The SMILES string of the molecule is c1ccc(-c2nc(-c3ccc(-c4cccc5c4C4(c6ccccc6-c6ccccc64)c4ccccc4-5)cc3)nc(-c3ccc(-c4cccc5c4oc4ccccc45)cc3)n2)cc1. The van der Waals surface area contributed by atoms with Gasteiger partial charge in [-0.1, -0.05) is 206 Å². The zero-order valence-electron chi connectivity index (χ0n) is 33.5. The van der Waals surface area contributed by atoms with Gasteiger partial charge in [0.15, 0.2) is 17.5 Å². The van der Waals surface area contributed by atoms with E-state index in [-0.39, 0.29) is 0 Å². The summed E-state index contributed by atoms with van der Waals surface area (Å²) in [6.45, 7) is 0. The van der Waals surface area contributed by atoms with Gasteiger partial charge in [0.2, 0.25) is 0 Å². The second-order valence-corrected chi connectivity index (χ2v) is 16.2. The van der Waals surface area contributed by atoms with E-state index in [9.17, 15) is 0 Å². The zero-order chi connectivity index (χ0) is 40.8. The van der Waals surface area contributed by atoms with Gasteiger partial charge in [0.1, 0.15) is 11.2 Å². The highest BCUT2D eigenvalue weighted by Gasteiger charge is 2.52. The molecule has 0 saturated carbocycles. The second kappa shape index (κ2) is 13.4. The van der Waals surface area contributed by atoms with Gasteiger partial charge in [0.05, 0.1) is 5.41 Å². The molecule has 9 aromatic carbocycles. The predicted molar refractivity (Wildman–Crippen MR) is 251 cm³/mol. The number of furan rings is 1. The van der Waals surface area contributed by atoms with Crippen LogP contribution in [0.25, 0.3) is 101 Å². The molecule has 2 aromatic heterocycles. The summed E-state index contributed by atoms with van der Waals surface area (Å²) >= 11 is 0. The lowest BCUT2D eigenvalue weighted by Crippen LogP contribution is -2.26. The van der Waals surface area contributed by atoms with Gasteiger partial charge in [-0.3, -0.25) is 0 Å². The highest BCUT2D eigenvalue weighted by atomic mass is 16.3. The maximum Gasteiger partial charge on any atom is 0.164 e. The predicted octanol–water partition coefficient (Wildman–Crippen LogP) is 14.4. The minimum Gasteiger partial charge on any atom is -0.455 e. The first kappa shape index (κ1) is 34.6. The van der Waals surface area contributed by atoms with Crippen molar-refractivity contribution in [3.8, 4) is 78.7 Å². The molecule has 4 heteroatoms. The highest BCUT2D eigenvalue weighted by Crippen LogP contribution is 2.64. The number of benzene rings is 9. The molecule has 0 N–H and O–H groups in total. The molecular formula is C58H35N3O. The monoisotopic (exact) mass is 789 g/mol. The van der Waals surface area contributed by atoms with E-state index in [0.29, 0.717) is 17.5 Å². The van der Waals surface area contributed by atoms with Gasteiger partial charge >= 0.3 is 0 Å². The quantitative estimate of drug-likeness (QED) is 0.174. The molecule has 0 saturated heterocycles. The number of rotatable bonds is 5. The normalized spacial score (nSPS) is 13.0. The first-order valence-electron chi connectivity index (χ1n) is 21.1. The fourth-order valence-corrected chi connectivity index (χ4v) is 10.3. The van der Waals surface area contributed by atoms with Crippen molar-refractivity contribution < 1.29 is 4.42 Å². The summed E-state index contributed by atoms with van der Waals surface area (Å²) in [5, 5.41) is 2.23. The van der Waals surface area contributed by atoms with E-state index in [0.717, 1.165) is 55.3 Å². The van der Waals surface area contributed by atoms with Crippen LogP contribution in [0.2, 0.25) is 0 Å². The van der Waals surface area contributed by atoms with Crippen molar-refractivity contribution in [2.24, 2.45) is 0 Å². The van der Waals surface area contributed by atoms with Crippen molar-refractivity contribution in [2.75, 3.05) is 0 Å². The Balaban J connectivity index is 0.921. The minimum absolute atomic E-state index is 0.434. The van der Waals surface area contributed by atoms with Gasteiger partial charge in [-0.05, 0) is 67.3 Å². The fourth-order valence-electron chi connectivity index (χ4n) is 10.3. The summed E-state index contributed by atoms with van der Waals surface area (Å²) in [6.07, 6.45) is 0. The molecule has 4 nitrogen and oxygen atoms in total. The molecule has 11 aromatic rings. The Hall–Kier alpha value is -8.21. The number of nitrogens with zero attached hydrogens (tertiary/aromatic N) is 3. The van der Waals surface area contributed by atoms with Crippen LogP contribution >= 0.6 is 0 Å². The Morgan fingerprint density at radius 3 is 1.31 bits per heavy atom. The van der Waals surface area contributed by atoms with E-state index in [1.165, 1.54) is 50.1 Å². The summed E-state index contributed by atoms with van der Waals surface area (Å²) in [6, 6.07) is 75.6. The smallest absolute Gasteiger partial charge is 0.164 e. The van der Waals surface area contributed by atoms with Crippen molar-refractivity contribution in [3.05, 3.63) is 235 Å². The molecule has 0 amide bonds. The van der Waals surface area contributed by atoms with Crippen molar-refractivity contribution in [1.29, 1.82) is 0 Å². The molecule has 2 heterocycles. The molecule has 2 aliphatic carbocycles. The Bertz CT molecular complexity index is 3500. The Kier molecular flexibility index (Phi) is 7.49. The molecule has 288 valence electrons. The third kappa shape index (κ3) is 4.98. The third-order valence-electron chi connectivity index (χ3n) is 13.0. The van der Waals surface area contributed by atoms with Crippen LogP contribution in [0.5, 0.6) is 0 Å². The van der Waals surface area contributed by atoms with Crippen LogP contribution < -0.4 is 0 Å². The van der Waals surface area contributed by atoms with E-state index < -0.39 is 5.41 Å². The van der Waals surface area contributed by atoms with Crippen LogP contribution in [0.3, 0.4) is 0 Å². The van der Waals surface area contributed by atoms with Crippen molar-refractivity contribution in [1.82, 2.24) is 15.0 Å². The summed E-state index contributed by atoms with van der Waals surface area (Å²) in [4.78, 5) is 15.3. The lowest BCUT2D eigenvalue weighted by molar-refractivity contribution is 0.670. The van der Waals surface area contributed by atoms with Crippen LogP contribution in [0, 0.1) is 0 Å². The first-order chi connectivity index (χ1) is 30.7. The van der Waals surface area contributed by atoms with Gasteiger partial charge in [0.25, 0.3) is 0 Å². The molecule has 0 aliphatic heterocycles. The summed E-state index contributed by atoms with van der Waals surface area (Å²) < 4.78 is 6.37. The summed E-state index contributed by atoms with van der Waals surface area (Å²) in [5.41, 5.74) is 19.1. The van der Waals surface area contributed by atoms with Gasteiger partial charge in [-0.25, -0.2) is 15.0 Å². The minimum atomic E-state index is -0.434. The molecule has 1 spiro atoms. The standard InChI is InChI=1S/C58H35N3O/c1-2-14-38(15-3-1)55-59-56(61-57(60-55)40-34-30-37(31-35-40)42-21-13-23-48-46-19-7-11-27-52(46)62-54(42)48)39-32-28-36(29-33-39)41-20-12-22-47-45-18-6-10-26-51(45)58(53(41)47)49-24-8-4-16-43(49)44-17-5-9-25-50(44)58/h1-35H. The number of para-hydroxylation sites is 2. The zero-order valence-corrected chi connectivity index (χ0v) is 33.5.